The SMILES string of the molecule is O=C(NCc1cccs1)c1occc1CS(=O)(=O)c1ccccc1. The Morgan fingerprint density at radius 2 is 1.88 bits per heavy atom. The first-order valence-corrected chi connectivity index (χ1v) is 9.74. The van der Waals surface area contributed by atoms with Crippen molar-refractivity contribution in [3.63, 3.8) is 0 Å². The van der Waals surface area contributed by atoms with Gasteiger partial charge in [-0.25, -0.2) is 8.42 Å². The number of nitrogens with one attached hydrogen (secondary N) is 1. The highest BCUT2D eigenvalue weighted by Crippen LogP contribution is 2.20. The molecule has 0 atom stereocenters. The fraction of sp³-hybridized carbons (Fsp3) is 0.118. The van der Waals surface area contributed by atoms with Crippen LogP contribution in [0.5, 0.6) is 0 Å². The number of carbonyl (C=O) groups excluding carboxylic acids is 1. The first-order chi connectivity index (χ1) is 11.6. The van der Waals surface area contributed by atoms with E-state index in [1.807, 2.05) is 17.5 Å². The van der Waals surface area contributed by atoms with E-state index in [9.17, 15) is 13.2 Å². The van der Waals surface area contributed by atoms with Crippen LogP contribution in [0.3, 0.4) is 0 Å². The van der Waals surface area contributed by atoms with E-state index in [4.69, 9.17) is 4.42 Å². The Hall–Kier alpha value is -2.38. The van der Waals surface area contributed by atoms with Crippen molar-refractivity contribution in [2.24, 2.45) is 0 Å². The van der Waals surface area contributed by atoms with Crippen molar-refractivity contribution in [1.29, 1.82) is 0 Å². The molecule has 2 heterocycles. The van der Waals surface area contributed by atoms with Crippen LogP contribution in [0.1, 0.15) is 21.0 Å². The van der Waals surface area contributed by atoms with Gasteiger partial charge in [0.15, 0.2) is 15.6 Å². The average Bonchev–Trinajstić information content (AvgIpc) is 3.25. The summed E-state index contributed by atoms with van der Waals surface area (Å²) in [6, 6.07) is 13.5. The smallest absolute Gasteiger partial charge is 0.287 e. The van der Waals surface area contributed by atoms with Crippen LogP contribution in [0.15, 0.2) is 69.5 Å². The number of furan rings is 1. The lowest BCUT2D eigenvalue weighted by molar-refractivity contribution is 0.0922. The molecule has 0 saturated heterocycles. The molecule has 5 nitrogen and oxygen atoms in total. The van der Waals surface area contributed by atoms with Gasteiger partial charge in [-0.15, -0.1) is 11.3 Å². The van der Waals surface area contributed by atoms with Crippen LogP contribution < -0.4 is 5.32 Å². The molecule has 0 saturated carbocycles. The van der Waals surface area contributed by atoms with E-state index in [0.29, 0.717) is 12.1 Å². The molecule has 3 aromatic rings. The highest BCUT2D eigenvalue weighted by atomic mass is 32.2. The molecule has 0 aliphatic rings. The number of carbonyl (C=O) groups is 1. The van der Waals surface area contributed by atoms with Gasteiger partial charge in [0.25, 0.3) is 5.91 Å². The van der Waals surface area contributed by atoms with Gasteiger partial charge in [-0.3, -0.25) is 4.79 Å². The molecule has 0 fully saturated rings. The molecule has 1 aromatic carbocycles. The van der Waals surface area contributed by atoms with Gasteiger partial charge in [-0.2, -0.15) is 0 Å². The second-order valence-electron chi connectivity index (χ2n) is 5.11. The highest BCUT2D eigenvalue weighted by Gasteiger charge is 2.22. The molecular formula is C17H15NO4S2. The first kappa shape index (κ1) is 16.5. The van der Waals surface area contributed by atoms with E-state index < -0.39 is 15.7 Å². The Kier molecular flexibility index (Phi) is 4.82. The summed E-state index contributed by atoms with van der Waals surface area (Å²) in [6.07, 6.45) is 1.33. The van der Waals surface area contributed by atoms with E-state index in [2.05, 4.69) is 5.32 Å². The molecule has 124 valence electrons. The van der Waals surface area contributed by atoms with E-state index in [1.165, 1.54) is 35.8 Å². The molecule has 0 aliphatic carbocycles. The van der Waals surface area contributed by atoms with Gasteiger partial charge in [0.05, 0.1) is 23.5 Å². The third kappa shape index (κ3) is 3.74. The molecule has 3 rings (SSSR count). The van der Waals surface area contributed by atoms with Crippen molar-refractivity contribution < 1.29 is 17.6 Å². The number of thiophene rings is 1. The number of hydrogen-bond donors (Lipinski definition) is 1. The monoisotopic (exact) mass is 361 g/mol. The van der Waals surface area contributed by atoms with Crippen molar-refractivity contribution in [2.45, 2.75) is 17.2 Å². The zero-order valence-corrected chi connectivity index (χ0v) is 14.3. The number of rotatable bonds is 6. The quantitative estimate of drug-likeness (QED) is 0.731. The minimum Gasteiger partial charge on any atom is -0.459 e. The van der Waals surface area contributed by atoms with Crippen LogP contribution in [0, 0.1) is 0 Å². The third-order valence-electron chi connectivity index (χ3n) is 3.40. The Morgan fingerprint density at radius 1 is 1.08 bits per heavy atom. The van der Waals surface area contributed by atoms with Crippen LogP contribution in [0.25, 0.3) is 0 Å². The minimum atomic E-state index is -3.54. The second-order valence-corrected chi connectivity index (χ2v) is 8.13. The summed E-state index contributed by atoms with van der Waals surface area (Å²) in [5.74, 6) is -0.673. The maximum absolute atomic E-state index is 12.4. The Morgan fingerprint density at radius 3 is 2.58 bits per heavy atom. The number of sulfone groups is 1. The summed E-state index contributed by atoms with van der Waals surface area (Å²) in [7, 11) is -3.54. The summed E-state index contributed by atoms with van der Waals surface area (Å²) in [6.45, 7) is 0.377. The molecule has 7 heteroatoms. The molecule has 0 spiro atoms. The average molecular weight is 361 g/mol. The molecular weight excluding hydrogens is 346 g/mol. The van der Waals surface area contributed by atoms with Crippen molar-refractivity contribution in [2.75, 3.05) is 0 Å². The van der Waals surface area contributed by atoms with Crippen LogP contribution in [-0.4, -0.2) is 14.3 Å². The second kappa shape index (κ2) is 7.02. The molecule has 0 unspecified atom stereocenters. The van der Waals surface area contributed by atoms with E-state index in [-0.39, 0.29) is 16.4 Å². The lowest BCUT2D eigenvalue weighted by atomic mass is 10.2. The third-order valence-corrected chi connectivity index (χ3v) is 5.96. The van der Waals surface area contributed by atoms with Gasteiger partial charge in [0, 0.05) is 10.4 Å². The van der Waals surface area contributed by atoms with Gasteiger partial charge in [-0.05, 0) is 29.6 Å². The summed E-state index contributed by atoms with van der Waals surface area (Å²) in [4.78, 5) is 13.5. The van der Waals surface area contributed by atoms with Crippen LogP contribution in [0.4, 0.5) is 0 Å². The maximum Gasteiger partial charge on any atom is 0.287 e. The number of amides is 1. The molecule has 2 aromatic heterocycles. The lowest BCUT2D eigenvalue weighted by Gasteiger charge is -2.06. The van der Waals surface area contributed by atoms with Gasteiger partial charge in [0.2, 0.25) is 0 Å². The van der Waals surface area contributed by atoms with Gasteiger partial charge >= 0.3 is 0 Å². The summed E-state index contributed by atoms with van der Waals surface area (Å²) < 4.78 is 30.1. The van der Waals surface area contributed by atoms with Gasteiger partial charge < -0.3 is 9.73 Å². The fourth-order valence-corrected chi connectivity index (χ4v) is 4.25. The summed E-state index contributed by atoms with van der Waals surface area (Å²) in [5, 5.41) is 4.66. The van der Waals surface area contributed by atoms with Crippen LogP contribution >= 0.6 is 11.3 Å². The standard InChI is InChI=1S/C17H15NO4S2/c19-17(18-11-14-5-4-10-23-14)16-13(8-9-22-16)12-24(20,21)15-6-2-1-3-7-15/h1-10H,11-12H2,(H,18,19). The van der Waals surface area contributed by atoms with Gasteiger partial charge in [-0.1, -0.05) is 24.3 Å². The summed E-state index contributed by atoms with van der Waals surface area (Å²) in [5.41, 5.74) is 0.350. The normalized spacial score (nSPS) is 11.3. The van der Waals surface area contributed by atoms with Crippen LogP contribution in [0.2, 0.25) is 0 Å². The van der Waals surface area contributed by atoms with Crippen molar-refractivity contribution in [3.05, 3.63) is 76.4 Å². The van der Waals surface area contributed by atoms with Crippen molar-refractivity contribution in [3.8, 4) is 0 Å². The molecule has 24 heavy (non-hydrogen) atoms. The Labute approximate surface area is 143 Å². The predicted octanol–water partition coefficient (Wildman–Crippen LogP) is 3.25. The topological polar surface area (TPSA) is 76.4 Å². The zero-order chi connectivity index (χ0) is 17.0. The minimum absolute atomic E-state index is 0.0334. The predicted molar refractivity (Wildman–Crippen MR) is 91.5 cm³/mol. The van der Waals surface area contributed by atoms with Crippen molar-refractivity contribution in [1.82, 2.24) is 5.32 Å². The Balaban J connectivity index is 1.74. The highest BCUT2D eigenvalue weighted by molar-refractivity contribution is 7.90. The molecule has 0 aliphatic heterocycles. The van der Waals surface area contributed by atoms with E-state index >= 15 is 0 Å². The first-order valence-electron chi connectivity index (χ1n) is 7.21. The van der Waals surface area contributed by atoms with Gasteiger partial charge in [0.1, 0.15) is 0 Å². The Bertz CT molecular complexity index is 913. The summed E-state index contributed by atoms with van der Waals surface area (Å²) >= 11 is 1.53. The molecule has 0 bridgehead atoms. The molecule has 0 radical (unpaired) electrons. The van der Waals surface area contributed by atoms with E-state index in [0.717, 1.165) is 4.88 Å². The molecule has 1 N–H and O–H groups in total. The molecule has 1 amide bonds. The number of benzene rings is 1. The van der Waals surface area contributed by atoms with Crippen LogP contribution in [-0.2, 0) is 22.1 Å². The zero-order valence-electron chi connectivity index (χ0n) is 12.6. The fourth-order valence-electron chi connectivity index (χ4n) is 2.23. The largest absolute Gasteiger partial charge is 0.459 e. The van der Waals surface area contributed by atoms with E-state index in [1.54, 1.807) is 18.2 Å². The number of hydrogen-bond acceptors (Lipinski definition) is 5. The lowest BCUT2D eigenvalue weighted by Crippen LogP contribution is -2.23. The van der Waals surface area contributed by atoms with Crippen molar-refractivity contribution >= 4 is 27.1 Å². The maximum atomic E-state index is 12.4.